The average molecular weight is 508 g/mol. The van der Waals surface area contributed by atoms with E-state index in [0.29, 0.717) is 45.6 Å². The lowest BCUT2D eigenvalue weighted by Gasteiger charge is -2.37. The molecule has 3 amide bonds. The average Bonchev–Trinajstić information content (AvgIpc) is 3.15. The van der Waals surface area contributed by atoms with Gasteiger partial charge in [-0.2, -0.15) is 0 Å². The molecule has 4 aliphatic heterocycles. The van der Waals surface area contributed by atoms with Crippen LogP contribution < -0.4 is 0 Å². The summed E-state index contributed by atoms with van der Waals surface area (Å²) in [5.74, 6) is -1.98. The van der Waals surface area contributed by atoms with Gasteiger partial charge in [-0.3, -0.25) is 14.4 Å². The highest BCUT2D eigenvalue weighted by Gasteiger charge is 2.74. The number of aliphatic hydroxyl groups is 1. The van der Waals surface area contributed by atoms with Crippen LogP contribution in [0.1, 0.15) is 38.7 Å². The molecule has 1 aromatic rings. The number of nitrogens with zero attached hydrogens (tertiary/aromatic N) is 3. The van der Waals surface area contributed by atoms with Gasteiger partial charge in [-0.05, 0) is 31.7 Å². The van der Waals surface area contributed by atoms with E-state index in [2.05, 4.69) is 0 Å². The van der Waals surface area contributed by atoms with Crippen molar-refractivity contribution in [2.75, 3.05) is 32.8 Å². The van der Waals surface area contributed by atoms with Gasteiger partial charge in [0.2, 0.25) is 17.7 Å². The predicted octanol–water partition coefficient (Wildman–Crippen LogP) is 2.14. The summed E-state index contributed by atoms with van der Waals surface area (Å²) in [7, 11) is 0. The first-order valence-electron chi connectivity index (χ1n) is 13.4. The van der Waals surface area contributed by atoms with E-state index in [1.54, 1.807) is 14.7 Å². The van der Waals surface area contributed by atoms with Crippen molar-refractivity contribution in [3.63, 3.8) is 0 Å². The van der Waals surface area contributed by atoms with Crippen LogP contribution >= 0.6 is 0 Å². The molecule has 8 nitrogen and oxygen atoms in total. The maximum atomic E-state index is 14.2. The van der Waals surface area contributed by atoms with Crippen molar-refractivity contribution in [2.24, 2.45) is 11.8 Å². The minimum atomic E-state index is -1.23. The summed E-state index contributed by atoms with van der Waals surface area (Å²) in [5, 5.41) is 9.36. The van der Waals surface area contributed by atoms with E-state index in [4.69, 9.17) is 4.74 Å². The standard InChI is InChI=1S/C29H37N3O5/c1-3-15-30-16-9-13-28(2)22(25(30)34)23-26(35)32(18-7-8-19-33)24-27(36)31(17-10-14-29(23,24)37-28)20-21-11-5-4-6-12-21/h4-6,9-14,22-24,33H,3,7-8,15-20H2,1-2H3/t22-,23+,24?,28+,29+/m1/s1. The minimum absolute atomic E-state index is 0.0156. The van der Waals surface area contributed by atoms with Crippen LogP contribution in [0, 0.1) is 11.8 Å². The number of hydrogen-bond donors (Lipinski definition) is 1. The van der Waals surface area contributed by atoms with Crippen LogP contribution in [0.5, 0.6) is 0 Å². The van der Waals surface area contributed by atoms with E-state index in [0.717, 1.165) is 12.0 Å². The molecule has 0 saturated carbocycles. The topological polar surface area (TPSA) is 90.4 Å². The first-order chi connectivity index (χ1) is 17.9. The second-order valence-corrected chi connectivity index (χ2v) is 10.8. The Labute approximate surface area is 218 Å². The molecule has 0 aliphatic carbocycles. The number of likely N-dealkylation sites (tertiary alicyclic amines) is 1. The van der Waals surface area contributed by atoms with Gasteiger partial charge in [0.05, 0.1) is 17.4 Å². The normalized spacial score (nSPS) is 32.9. The molecule has 0 aromatic heterocycles. The highest BCUT2D eigenvalue weighted by atomic mass is 16.5. The zero-order chi connectivity index (χ0) is 26.2. The zero-order valence-electron chi connectivity index (χ0n) is 21.7. The molecule has 0 radical (unpaired) electrons. The number of amides is 3. The summed E-state index contributed by atoms with van der Waals surface area (Å²) >= 11 is 0. The second-order valence-electron chi connectivity index (χ2n) is 10.8. The van der Waals surface area contributed by atoms with E-state index >= 15 is 0 Å². The van der Waals surface area contributed by atoms with Crippen molar-refractivity contribution >= 4 is 17.7 Å². The SMILES string of the molecule is CCCN1CC=C[C@]2(C)O[C@]34C=CCN(Cc5ccccc5)C(=O)C3N(CCCCO)C(=O)[C@@H]4[C@@H]2C1=O. The number of rotatable bonds is 8. The largest absolute Gasteiger partial charge is 0.396 e. The molecule has 5 rings (SSSR count). The highest BCUT2D eigenvalue weighted by molar-refractivity contribution is 6.00. The number of hydrogen-bond acceptors (Lipinski definition) is 5. The number of unbranched alkanes of at least 4 members (excludes halogenated alkanes) is 1. The maximum Gasteiger partial charge on any atom is 0.249 e. The number of aliphatic hydroxyl groups excluding tert-OH is 1. The van der Waals surface area contributed by atoms with Gasteiger partial charge in [0, 0.05) is 39.3 Å². The molecule has 0 bridgehead atoms. The van der Waals surface area contributed by atoms with E-state index in [1.807, 2.05) is 68.5 Å². The van der Waals surface area contributed by atoms with Gasteiger partial charge in [0.1, 0.15) is 11.6 Å². The van der Waals surface area contributed by atoms with E-state index in [1.165, 1.54) is 0 Å². The maximum absolute atomic E-state index is 14.2. The van der Waals surface area contributed by atoms with Crippen molar-refractivity contribution in [1.29, 1.82) is 0 Å². The number of ether oxygens (including phenoxy) is 1. The van der Waals surface area contributed by atoms with Crippen molar-refractivity contribution in [3.8, 4) is 0 Å². The number of fused-ring (bicyclic) bond motifs is 2. The Bertz CT molecular complexity index is 1100. The predicted molar refractivity (Wildman–Crippen MR) is 138 cm³/mol. The van der Waals surface area contributed by atoms with Crippen molar-refractivity contribution < 1.29 is 24.2 Å². The van der Waals surface area contributed by atoms with Crippen LogP contribution in [-0.4, -0.2) is 87.6 Å². The lowest BCUT2D eigenvalue weighted by atomic mass is 9.74. The molecule has 1 unspecified atom stereocenters. The quantitative estimate of drug-likeness (QED) is 0.430. The number of benzene rings is 1. The molecule has 8 heteroatoms. The van der Waals surface area contributed by atoms with Crippen LogP contribution in [0.3, 0.4) is 0 Å². The highest BCUT2D eigenvalue weighted by Crippen LogP contribution is 2.57. The summed E-state index contributed by atoms with van der Waals surface area (Å²) in [6.07, 6.45) is 9.59. The van der Waals surface area contributed by atoms with Gasteiger partial charge in [-0.15, -0.1) is 0 Å². The Kier molecular flexibility index (Phi) is 6.98. The van der Waals surface area contributed by atoms with Gasteiger partial charge in [-0.1, -0.05) is 61.6 Å². The molecular weight excluding hydrogens is 470 g/mol. The Morgan fingerprint density at radius 1 is 0.919 bits per heavy atom. The molecular formula is C29H37N3O5. The smallest absolute Gasteiger partial charge is 0.249 e. The van der Waals surface area contributed by atoms with E-state index in [-0.39, 0.29) is 24.3 Å². The summed E-state index contributed by atoms with van der Waals surface area (Å²) in [6, 6.07) is 8.93. The first kappa shape index (κ1) is 25.7. The Morgan fingerprint density at radius 2 is 1.65 bits per heavy atom. The fraction of sp³-hybridized carbons (Fsp3) is 0.552. The lowest BCUT2D eigenvalue weighted by Crippen LogP contribution is -2.55. The monoisotopic (exact) mass is 507 g/mol. The van der Waals surface area contributed by atoms with Gasteiger partial charge >= 0.3 is 0 Å². The minimum Gasteiger partial charge on any atom is -0.396 e. The summed E-state index contributed by atoms with van der Waals surface area (Å²) in [6.45, 7) is 6.16. The molecule has 4 aliphatic rings. The molecule has 5 atom stereocenters. The van der Waals surface area contributed by atoms with Crippen LogP contribution in [0.15, 0.2) is 54.6 Å². The van der Waals surface area contributed by atoms with Gasteiger partial charge < -0.3 is 24.5 Å². The van der Waals surface area contributed by atoms with Crippen molar-refractivity contribution in [2.45, 2.75) is 56.9 Å². The number of carbonyl (C=O) groups excluding carboxylic acids is 3. The third-order valence-corrected chi connectivity index (χ3v) is 8.24. The van der Waals surface area contributed by atoms with E-state index in [9.17, 15) is 19.5 Å². The third-order valence-electron chi connectivity index (χ3n) is 8.24. The molecule has 4 heterocycles. The fourth-order valence-electron chi connectivity index (χ4n) is 6.67. The molecule has 37 heavy (non-hydrogen) atoms. The molecule has 2 fully saturated rings. The summed E-state index contributed by atoms with van der Waals surface area (Å²) < 4.78 is 6.82. The molecule has 1 aromatic carbocycles. The summed E-state index contributed by atoms with van der Waals surface area (Å²) in [4.78, 5) is 47.5. The molecule has 1 N–H and O–H groups in total. The zero-order valence-corrected chi connectivity index (χ0v) is 21.7. The van der Waals surface area contributed by atoms with E-state index < -0.39 is 29.1 Å². The lowest BCUT2D eigenvalue weighted by molar-refractivity contribution is -0.153. The summed E-state index contributed by atoms with van der Waals surface area (Å²) in [5.41, 5.74) is -1.21. The van der Waals surface area contributed by atoms with Crippen LogP contribution in [0.25, 0.3) is 0 Å². The van der Waals surface area contributed by atoms with Crippen molar-refractivity contribution in [1.82, 2.24) is 14.7 Å². The van der Waals surface area contributed by atoms with Gasteiger partial charge in [-0.25, -0.2) is 0 Å². The van der Waals surface area contributed by atoms with Gasteiger partial charge in [0.15, 0.2) is 0 Å². The fourth-order valence-corrected chi connectivity index (χ4v) is 6.67. The van der Waals surface area contributed by atoms with Gasteiger partial charge in [0.25, 0.3) is 0 Å². The Morgan fingerprint density at radius 3 is 2.38 bits per heavy atom. The Hall–Kier alpha value is -2.97. The van der Waals surface area contributed by atoms with Crippen molar-refractivity contribution in [3.05, 3.63) is 60.2 Å². The molecule has 1 spiro atoms. The second kappa shape index (κ2) is 10.1. The molecule has 198 valence electrons. The Balaban J connectivity index is 1.57. The first-order valence-corrected chi connectivity index (χ1v) is 13.4. The number of carbonyl (C=O) groups is 3. The van der Waals surface area contributed by atoms with Crippen LogP contribution in [0.4, 0.5) is 0 Å². The molecule has 2 saturated heterocycles. The van der Waals surface area contributed by atoms with Crippen LogP contribution in [-0.2, 0) is 25.7 Å². The third kappa shape index (κ3) is 4.20. The van der Waals surface area contributed by atoms with Crippen LogP contribution in [0.2, 0.25) is 0 Å².